The predicted molar refractivity (Wildman–Crippen MR) is 156 cm³/mol. The smallest absolute Gasteiger partial charge is 0.341 e. The minimum atomic E-state index is -0.470. The number of hydrogen-bond donors (Lipinski definition) is 1. The van der Waals surface area contributed by atoms with Gasteiger partial charge in [-0.25, -0.2) is 4.79 Å². The van der Waals surface area contributed by atoms with Crippen molar-refractivity contribution >= 4 is 51.6 Å². The Bertz CT molecular complexity index is 1450. The second-order valence-electron chi connectivity index (χ2n) is 8.58. The zero-order chi connectivity index (χ0) is 27.9. The van der Waals surface area contributed by atoms with Crippen LogP contribution in [0.25, 0.3) is 11.1 Å². The van der Waals surface area contributed by atoms with Gasteiger partial charge in [0, 0.05) is 22.5 Å². The van der Waals surface area contributed by atoms with Gasteiger partial charge in [0.05, 0.1) is 12.4 Å². The van der Waals surface area contributed by atoms with E-state index < -0.39 is 5.97 Å². The number of esters is 1. The molecule has 0 saturated carbocycles. The van der Waals surface area contributed by atoms with Gasteiger partial charge in [-0.2, -0.15) is 0 Å². The van der Waals surface area contributed by atoms with Crippen LogP contribution in [0.1, 0.15) is 41.2 Å². The first-order chi connectivity index (χ1) is 18.8. The molecule has 1 N–H and O–H groups in total. The third-order valence-corrected chi connectivity index (χ3v) is 8.29. The number of anilines is 1. The molecule has 0 unspecified atom stereocenters. The summed E-state index contributed by atoms with van der Waals surface area (Å²) in [5.74, 6) is 0.720. The highest BCUT2D eigenvalue weighted by Crippen LogP contribution is 2.36. The Morgan fingerprint density at radius 2 is 1.82 bits per heavy atom. The first-order valence-electron chi connectivity index (χ1n) is 12.4. The van der Waals surface area contributed by atoms with Gasteiger partial charge in [0.25, 0.3) is 0 Å². The molecule has 8 nitrogen and oxygen atoms in total. The number of hydrogen-bond acceptors (Lipinski definition) is 8. The van der Waals surface area contributed by atoms with E-state index in [-0.39, 0.29) is 24.9 Å². The largest absolute Gasteiger partial charge is 0.486 e. The zero-order valence-electron chi connectivity index (χ0n) is 22.1. The maximum absolute atomic E-state index is 12.9. The normalized spacial score (nSPS) is 10.9. The number of aryl methyl sites for hydroxylation is 2. The molecule has 2 heterocycles. The molecule has 0 aliphatic carbocycles. The van der Waals surface area contributed by atoms with Crippen molar-refractivity contribution in [2.24, 2.45) is 0 Å². The fourth-order valence-electron chi connectivity index (χ4n) is 3.97. The van der Waals surface area contributed by atoms with Crippen LogP contribution in [-0.2, 0) is 22.7 Å². The lowest BCUT2D eigenvalue weighted by molar-refractivity contribution is -0.113. The van der Waals surface area contributed by atoms with Gasteiger partial charge in [-0.05, 0) is 56.5 Å². The number of amides is 1. The van der Waals surface area contributed by atoms with Crippen LogP contribution in [0.15, 0.2) is 53.0 Å². The lowest BCUT2D eigenvalue weighted by atomic mass is 10.0. The fraction of sp³-hybridized carbons (Fsp3) is 0.286. The molecule has 0 spiro atoms. The summed E-state index contributed by atoms with van der Waals surface area (Å²) in [4.78, 5) is 25.7. The number of aromatic nitrogens is 3. The summed E-state index contributed by atoms with van der Waals surface area (Å²) >= 11 is 8.82. The van der Waals surface area contributed by atoms with Crippen molar-refractivity contribution in [3.8, 4) is 16.9 Å². The van der Waals surface area contributed by atoms with Crippen LogP contribution in [0.3, 0.4) is 0 Å². The molecule has 0 aliphatic rings. The Hall–Kier alpha value is -3.34. The molecule has 0 saturated heterocycles. The average Bonchev–Trinajstić information content (AvgIpc) is 3.53. The van der Waals surface area contributed by atoms with Gasteiger partial charge in [0.15, 0.2) is 11.0 Å². The highest BCUT2D eigenvalue weighted by atomic mass is 35.5. The molecule has 39 heavy (non-hydrogen) atoms. The molecular weight excluding hydrogens is 556 g/mol. The second-order valence-corrected chi connectivity index (χ2v) is 10.8. The Labute approximate surface area is 240 Å². The maximum atomic E-state index is 12.9. The van der Waals surface area contributed by atoms with Crippen molar-refractivity contribution in [1.82, 2.24) is 14.8 Å². The van der Waals surface area contributed by atoms with Crippen LogP contribution in [0.2, 0.25) is 5.02 Å². The number of ether oxygens (including phenoxy) is 2. The van der Waals surface area contributed by atoms with Gasteiger partial charge >= 0.3 is 5.97 Å². The van der Waals surface area contributed by atoms with Gasteiger partial charge in [0.1, 0.15) is 22.9 Å². The minimum Gasteiger partial charge on any atom is -0.486 e. The minimum absolute atomic E-state index is 0.0927. The summed E-state index contributed by atoms with van der Waals surface area (Å²) in [7, 11) is 0. The molecule has 0 fully saturated rings. The number of nitrogens with one attached hydrogen (secondary N) is 1. The zero-order valence-corrected chi connectivity index (χ0v) is 24.5. The average molecular weight is 585 g/mol. The topological polar surface area (TPSA) is 95.3 Å². The lowest BCUT2D eigenvalue weighted by Crippen LogP contribution is -2.17. The number of nitrogens with zero attached hydrogens (tertiary/aromatic N) is 3. The van der Waals surface area contributed by atoms with Crippen molar-refractivity contribution in [2.75, 3.05) is 17.7 Å². The summed E-state index contributed by atoms with van der Waals surface area (Å²) in [6.45, 7) is 8.69. The molecule has 2 aromatic carbocycles. The maximum Gasteiger partial charge on any atom is 0.341 e. The number of thiophene rings is 1. The van der Waals surface area contributed by atoms with Crippen LogP contribution in [-0.4, -0.2) is 39.0 Å². The summed E-state index contributed by atoms with van der Waals surface area (Å²) < 4.78 is 13.1. The number of thioether (sulfide) groups is 1. The van der Waals surface area contributed by atoms with Crippen molar-refractivity contribution in [1.29, 1.82) is 0 Å². The molecule has 4 aromatic rings. The van der Waals surface area contributed by atoms with Crippen molar-refractivity contribution in [2.45, 2.75) is 46.0 Å². The molecule has 1 amide bonds. The van der Waals surface area contributed by atoms with E-state index in [2.05, 4.69) is 15.5 Å². The SMILES string of the molecule is CCOC(=O)c1c(-c2ccccc2)csc1NC(=O)CSc1nnc(COc2cc(C)c(Cl)c(C)c2)n1CC. The summed E-state index contributed by atoms with van der Waals surface area (Å²) in [6.07, 6.45) is 0. The molecule has 2 aromatic heterocycles. The van der Waals surface area contributed by atoms with Crippen molar-refractivity contribution < 1.29 is 19.1 Å². The van der Waals surface area contributed by atoms with Crippen LogP contribution in [0.4, 0.5) is 5.00 Å². The molecular formula is C28H29ClN4O4S2. The standard InChI is InChI=1S/C28H29ClN4O4S2/c1-5-33-22(14-37-20-12-17(3)25(29)18(4)13-20)31-32-28(33)39-16-23(34)30-26-24(27(35)36-6-2)21(15-38-26)19-10-8-7-9-11-19/h7-13,15H,5-6,14,16H2,1-4H3,(H,30,34). The first-order valence-corrected chi connectivity index (χ1v) is 14.6. The van der Waals surface area contributed by atoms with E-state index in [1.165, 1.54) is 23.1 Å². The number of halogens is 1. The van der Waals surface area contributed by atoms with E-state index in [9.17, 15) is 9.59 Å². The van der Waals surface area contributed by atoms with E-state index in [1.807, 2.05) is 73.2 Å². The summed E-state index contributed by atoms with van der Waals surface area (Å²) in [5, 5.41) is 15.1. The third kappa shape index (κ3) is 6.81. The molecule has 0 radical (unpaired) electrons. The monoisotopic (exact) mass is 584 g/mol. The highest BCUT2D eigenvalue weighted by Gasteiger charge is 2.23. The molecule has 0 aliphatic heterocycles. The second kappa shape index (κ2) is 13.1. The quantitative estimate of drug-likeness (QED) is 0.153. The molecule has 11 heteroatoms. The molecule has 0 atom stereocenters. The Kier molecular flexibility index (Phi) is 9.66. The van der Waals surface area contributed by atoms with Crippen LogP contribution in [0, 0.1) is 13.8 Å². The number of rotatable bonds is 11. The molecule has 204 valence electrons. The Morgan fingerprint density at radius 3 is 2.49 bits per heavy atom. The van der Waals surface area contributed by atoms with Gasteiger partial charge in [-0.15, -0.1) is 21.5 Å². The van der Waals surface area contributed by atoms with Gasteiger partial charge < -0.3 is 19.4 Å². The summed E-state index contributed by atoms with van der Waals surface area (Å²) in [5.41, 5.74) is 3.84. The van der Waals surface area contributed by atoms with Crippen molar-refractivity contribution in [3.05, 3.63) is 75.4 Å². The Balaban J connectivity index is 1.43. The van der Waals surface area contributed by atoms with Crippen LogP contribution in [0.5, 0.6) is 5.75 Å². The fourth-order valence-corrected chi connectivity index (χ4v) is 5.87. The first kappa shape index (κ1) is 28.7. The van der Waals surface area contributed by atoms with Gasteiger partial charge in [-0.3, -0.25) is 4.79 Å². The molecule has 4 rings (SSSR count). The van der Waals surface area contributed by atoms with E-state index >= 15 is 0 Å². The Morgan fingerprint density at radius 1 is 1.10 bits per heavy atom. The number of benzene rings is 2. The lowest BCUT2D eigenvalue weighted by Gasteiger charge is -2.11. The van der Waals surface area contributed by atoms with E-state index in [0.29, 0.717) is 33.8 Å². The van der Waals surface area contributed by atoms with Crippen LogP contribution >= 0.6 is 34.7 Å². The number of carbonyl (C=O) groups excluding carboxylic acids is 2. The van der Waals surface area contributed by atoms with Gasteiger partial charge in [0.2, 0.25) is 5.91 Å². The number of carbonyl (C=O) groups is 2. The molecule has 0 bridgehead atoms. The summed E-state index contributed by atoms with van der Waals surface area (Å²) in [6, 6.07) is 13.3. The predicted octanol–water partition coefficient (Wildman–Crippen LogP) is 6.78. The van der Waals surface area contributed by atoms with E-state index in [0.717, 1.165) is 27.3 Å². The van der Waals surface area contributed by atoms with Crippen molar-refractivity contribution in [3.63, 3.8) is 0 Å². The highest BCUT2D eigenvalue weighted by molar-refractivity contribution is 7.99. The van der Waals surface area contributed by atoms with E-state index in [4.69, 9.17) is 21.1 Å². The van der Waals surface area contributed by atoms with Gasteiger partial charge in [-0.1, -0.05) is 53.7 Å². The van der Waals surface area contributed by atoms with E-state index in [1.54, 1.807) is 6.92 Å². The van der Waals surface area contributed by atoms with Crippen LogP contribution < -0.4 is 10.1 Å². The third-order valence-electron chi connectivity index (χ3n) is 5.83.